The van der Waals surface area contributed by atoms with Gasteiger partial charge < -0.3 is 15.3 Å². The SMILES string of the molecule is CN(C(=O)C1CC2CCC1N2)C1(CC(=O)O)CCCCC1. The number of carboxylic acid groups (broad SMARTS) is 1. The van der Waals surface area contributed by atoms with Crippen LogP contribution in [0.5, 0.6) is 0 Å². The van der Waals surface area contributed by atoms with Crippen molar-refractivity contribution in [2.75, 3.05) is 7.05 Å². The zero-order valence-electron chi connectivity index (χ0n) is 12.8. The van der Waals surface area contributed by atoms with Gasteiger partial charge in [-0.15, -0.1) is 0 Å². The molecule has 0 aromatic rings. The summed E-state index contributed by atoms with van der Waals surface area (Å²) in [6.45, 7) is 0. The lowest BCUT2D eigenvalue weighted by Gasteiger charge is -2.45. The summed E-state index contributed by atoms with van der Waals surface area (Å²) in [5.74, 6) is -0.568. The number of rotatable bonds is 4. The van der Waals surface area contributed by atoms with Crippen molar-refractivity contribution < 1.29 is 14.7 Å². The Morgan fingerprint density at radius 3 is 2.48 bits per heavy atom. The zero-order chi connectivity index (χ0) is 15.0. The Hall–Kier alpha value is -1.10. The molecule has 2 bridgehead atoms. The Bertz CT molecular complexity index is 431. The first-order valence-electron chi connectivity index (χ1n) is 8.27. The molecule has 1 amide bonds. The fraction of sp³-hybridized carbons (Fsp3) is 0.875. The minimum Gasteiger partial charge on any atom is -0.481 e. The average Bonchev–Trinajstić information content (AvgIpc) is 3.08. The monoisotopic (exact) mass is 294 g/mol. The lowest BCUT2D eigenvalue weighted by molar-refractivity contribution is -0.148. The molecule has 3 rings (SSSR count). The number of nitrogens with zero attached hydrogens (tertiary/aromatic N) is 1. The second kappa shape index (κ2) is 5.59. The summed E-state index contributed by atoms with van der Waals surface area (Å²) >= 11 is 0. The molecule has 5 heteroatoms. The van der Waals surface area contributed by atoms with Crippen LogP contribution in [0.4, 0.5) is 0 Å². The smallest absolute Gasteiger partial charge is 0.305 e. The molecule has 21 heavy (non-hydrogen) atoms. The lowest BCUT2D eigenvalue weighted by atomic mass is 9.77. The van der Waals surface area contributed by atoms with Gasteiger partial charge in [0.15, 0.2) is 0 Å². The second-order valence-corrected chi connectivity index (χ2v) is 7.14. The van der Waals surface area contributed by atoms with Crippen LogP contribution in [0.2, 0.25) is 0 Å². The van der Waals surface area contributed by atoms with Crippen molar-refractivity contribution in [1.29, 1.82) is 0 Å². The van der Waals surface area contributed by atoms with Crippen LogP contribution in [0.3, 0.4) is 0 Å². The van der Waals surface area contributed by atoms with E-state index in [0.717, 1.165) is 44.9 Å². The number of carboxylic acids is 1. The van der Waals surface area contributed by atoms with Gasteiger partial charge >= 0.3 is 5.97 Å². The van der Waals surface area contributed by atoms with Gasteiger partial charge in [0.25, 0.3) is 0 Å². The van der Waals surface area contributed by atoms with Crippen LogP contribution < -0.4 is 5.32 Å². The van der Waals surface area contributed by atoms with Gasteiger partial charge in [0, 0.05) is 19.1 Å². The first-order valence-corrected chi connectivity index (χ1v) is 8.27. The van der Waals surface area contributed by atoms with Gasteiger partial charge in [-0.2, -0.15) is 0 Å². The van der Waals surface area contributed by atoms with E-state index in [1.54, 1.807) is 0 Å². The molecule has 0 aromatic heterocycles. The van der Waals surface area contributed by atoms with Crippen LogP contribution in [0.1, 0.15) is 57.8 Å². The molecule has 118 valence electrons. The first-order chi connectivity index (χ1) is 10.0. The van der Waals surface area contributed by atoms with E-state index in [1.165, 1.54) is 6.42 Å². The van der Waals surface area contributed by atoms with E-state index in [4.69, 9.17) is 0 Å². The molecule has 2 N–H and O–H groups in total. The Morgan fingerprint density at radius 2 is 1.95 bits per heavy atom. The summed E-state index contributed by atoms with van der Waals surface area (Å²) < 4.78 is 0. The number of carbonyl (C=O) groups excluding carboxylic acids is 1. The third-order valence-corrected chi connectivity index (χ3v) is 5.92. The maximum absolute atomic E-state index is 12.9. The predicted octanol–water partition coefficient (Wildman–Crippen LogP) is 1.76. The summed E-state index contributed by atoms with van der Waals surface area (Å²) in [5.41, 5.74) is -0.455. The number of nitrogens with one attached hydrogen (secondary N) is 1. The summed E-state index contributed by atoms with van der Waals surface area (Å²) in [4.78, 5) is 26.0. The molecule has 3 unspecified atom stereocenters. The van der Waals surface area contributed by atoms with E-state index in [0.29, 0.717) is 12.1 Å². The highest BCUT2D eigenvalue weighted by atomic mass is 16.4. The van der Waals surface area contributed by atoms with E-state index in [1.807, 2.05) is 11.9 Å². The van der Waals surface area contributed by atoms with E-state index in [-0.39, 0.29) is 18.2 Å². The molecule has 3 atom stereocenters. The number of amides is 1. The maximum Gasteiger partial charge on any atom is 0.305 e. The van der Waals surface area contributed by atoms with Gasteiger partial charge in [-0.1, -0.05) is 19.3 Å². The van der Waals surface area contributed by atoms with Crippen molar-refractivity contribution in [3.05, 3.63) is 0 Å². The number of hydrogen-bond acceptors (Lipinski definition) is 3. The molecule has 0 radical (unpaired) electrons. The molecular weight excluding hydrogens is 268 g/mol. The number of aliphatic carboxylic acids is 1. The van der Waals surface area contributed by atoms with Gasteiger partial charge in [-0.25, -0.2) is 0 Å². The Morgan fingerprint density at radius 1 is 1.24 bits per heavy atom. The topological polar surface area (TPSA) is 69.6 Å². The molecule has 0 spiro atoms. The average molecular weight is 294 g/mol. The van der Waals surface area contributed by atoms with Crippen LogP contribution in [-0.2, 0) is 9.59 Å². The van der Waals surface area contributed by atoms with Crippen LogP contribution in [0, 0.1) is 5.92 Å². The largest absolute Gasteiger partial charge is 0.481 e. The van der Waals surface area contributed by atoms with Crippen molar-refractivity contribution in [3.63, 3.8) is 0 Å². The molecule has 2 heterocycles. The van der Waals surface area contributed by atoms with Crippen molar-refractivity contribution in [2.24, 2.45) is 5.92 Å². The quantitative estimate of drug-likeness (QED) is 0.829. The highest BCUT2D eigenvalue weighted by Gasteiger charge is 2.48. The highest BCUT2D eigenvalue weighted by Crippen LogP contribution is 2.40. The van der Waals surface area contributed by atoms with Crippen LogP contribution >= 0.6 is 0 Å². The molecule has 1 aliphatic carbocycles. The Balaban J connectivity index is 1.75. The summed E-state index contributed by atoms with van der Waals surface area (Å²) in [7, 11) is 1.84. The van der Waals surface area contributed by atoms with Crippen molar-refractivity contribution in [1.82, 2.24) is 10.2 Å². The molecule has 3 fully saturated rings. The molecular formula is C16H26N2O3. The number of hydrogen-bond donors (Lipinski definition) is 2. The van der Waals surface area contributed by atoms with Crippen LogP contribution in [0.25, 0.3) is 0 Å². The molecule has 2 aliphatic heterocycles. The summed E-state index contributed by atoms with van der Waals surface area (Å²) in [6, 6.07) is 0.814. The van der Waals surface area contributed by atoms with Gasteiger partial charge in [-0.3, -0.25) is 9.59 Å². The molecule has 2 saturated heterocycles. The minimum atomic E-state index is -0.789. The van der Waals surface area contributed by atoms with Crippen molar-refractivity contribution >= 4 is 11.9 Å². The fourth-order valence-electron chi connectivity index (χ4n) is 4.70. The van der Waals surface area contributed by atoms with Gasteiger partial charge in [0.1, 0.15) is 0 Å². The van der Waals surface area contributed by atoms with Gasteiger partial charge in [0.2, 0.25) is 5.91 Å². The minimum absolute atomic E-state index is 0.0568. The van der Waals surface area contributed by atoms with E-state index >= 15 is 0 Å². The van der Waals surface area contributed by atoms with Crippen LogP contribution in [0.15, 0.2) is 0 Å². The third-order valence-electron chi connectivity index (χ3n) is 5.92. The molecule has 5 nitrogen and oxygen atoms in total. The molecule has 0 aromatic carbocycles. The summed E-state index contributed by atoms with van der Waals surface area (Å²) in [6.07, 6.45) is 8.14. The zero-order valence-corrected chi connectivity index (χ0v) is 12.8. The Kier molecular flexibility index (Phi) is 3.95. The molecule has 3 aliphatic rings. The van der Waals surface area contributed by atoms with E-state index in [9.17, 15) is 14.7 Å². The van der Waals surface area contributed by atoms with Gasteiger partial charge in [-0.05, 0) is 32.1 Å². The maximum atomic E-state index is 12.9. The van der Waals surface area contributed by atoms with Crippen LogP contribution in [-0.4, -0.2) is 46.6 Å². The number of carbonyl (C=O) groups is 2. The van der Waals surface area contributed by atoms with Crippen molar-refractivity contribution in [3.8, 4) is 0 Å². The van der Waals surface area contributed by atoms with Crippen molar-refractivity contribution in [2.45, 2.75) is 75.4 Å². The van der Waals surface area contributed by atoms with E-state index in [2.05, 4.69) is 5.32 Å². The standard InChI is InChI=1S/C16H26N2O3/c1-18(15(21)12-9-11-5-6-13(12)17-11)16(10-14(19)20)7-3-2-4-8-16/h11-13,17H,2-10H2,1H3,(H,19,20). The highest BCUT2D eigenvalue weighted by molar-refractivity contribution is 5.82. The lowest BCUT2D eigenvalue weighted by Crippen LogP contribution is -2.54. The fourth-order valence-corrected chi connectivity index (χ4v) is 4.70. The first kappa shape index (κ1) is 14.8. The normalized spacial score (nSPS) is 33.9. The second-order valence-electron chi connectivity index (χ2n) is 7.14. The number of fused-ring (bicyclic) bond motifs is 2. The predicted molar refractivity (Wildman–Crippen MR) is 78.9 cm³/mol. The van der Waals surface area contributed by atoms with Gasteiger partial charge in [0.05, 0.1) is 17.9 Å². The van der Waals surface area contributed by atoms with E-state index < -0.39 is 11.5 Å². The third kappa shape index (κ3) is 2.68. The molecule has 1 saturated carbocycles. The Labute approximate surface area is 126 Å². The summed E-state index contributed by atoms with van der Waals surface area (Å²) in [5, 5.41) is 12.8.